The van der Waals surface area contributed by atoms with Gasteiger partial charge in [0.05, 0.1) is 0 Å². The number of nitrogens with zero attached hydrogens (tertiary/aromatic N) is 1. The van der Waals surface area contributed by atoms with Gasteiger partial charge in [0.25, 0.3) is 0 Å². The molecule has 6 heteroatoms. The predicted octanol–water partition coefficient (Wildman–Crippen LogP) is 1.89. The SMILES string of the molecule is COCCCNC(=O)N1CCC(CC2CC2)(NC(=O)C2CC2)CC1. The quantitative estimate of drug-likeness (QED) is 0.665. The van der Waals surface area contributed by atoms with Crippen LogP contribution in [0.4, 0.5) is 4.79 Å². The van der Waals surface area contributed by atoms with Crippen LogP contribution in [0.1, 0.15) is 51.4 Å². The van der Waals surface area contributed by atoms with Crippen molar-refractivity contribution in [2.45, 2.75) is 56.9 Å². The molecule has 0 aromatic rings. The van der Waals surface area contributed by atoms with Crippen LogP contribution in [-0.2, 0) is 9.53 Å². The maximum atomic E-state index is 12.3. The van der Waals surface area contributed by atoms with Crippen molar-refractivity contribution in [3.63, 3.8) is 0 Å². The van der Waals surface area contributed by atoms with E-state index in [9.17, 15) is 9.59 Å². The molecule has 1 saturated heterocycles. The first-order chi connectivity index (χ1) is 11.6. The number of rotatable bonds is 8. The van der Waals surface area contributed by atoms with Gasteiger partial charge in [0.15, 0.2) is 0 Å². The van der Waals surface area contributed by atoms with Crippen LogP contribution < -0.4 is 10.6 Å². The summed E-state index contributed by atoms with van der Waals surface area (Å²) in [7, 11) is 1.67. The molecule has 2 aliphatic carbocycles. The van der Waals surface area contributed by atoms with Crippen molar-refractivity contribution >= 4 is 11.9 Å². The van der Waals surface area contributed by atoms with Crippen LogP contribution >= 0.6 is 0 Å². The zero-order valence-corrected chi connectivity index (χ0v) is 14.8. The fourth-order valence-electron chi connectivity index (χ4n) is 3.63. The summed E-state index contributed by atoms with van der Waals surface area (Å²) in [6.45, 7) is 2.77. The van der Waals surface area contributed by atoms with Crippen LogP contribution in [0.3, 0.4) is 0 Å². The van der Waals surface area contributed by atoms with Gasteiger partial charge in [0.1, 0.15) is 0 Å². The summed E-state index contributed by atoms with van der Waals surface area (Å²) >= 11 is 0. The molecule has 2 saturated carbocycles. The first kappa shape index (κ1) is 17.5. The van der Waals surface area contributed by atoms with Gasteiger partial charge in [-0.05, 0) is 44.4 Å². The lowest BCUT2D eigenvalue weighted by Crippen LogP contribution is -2.58. The molecular formula is C18H31N3O3. The summed E-state index contributed by atoms with van der Waals surface area (Å²) in [4.78, 5) is 26.4. The number of amides is 3. The van der Waals surface area contributed by atoms with Crippen LogP contribution in [0.15, 0.2) is 0 Å². The second kappa shape index (κ2) is 7.72. The molecule has 0 spiro atoms. The summed E-state index contributed by atoms with van der Waals surface area (Å²) in [5.41, 5.74) is -0.0757. The lowest BCUT2D eigenvalue weighted by atomic mass is 9.82. The number of ether oxygens (including phenoxy) is 1. The lowest BCUT2D eigenvalue weighted by Gasteiger charge is -2.42. The normalized spacial score (nSPS) is 23.0. The highest BCUT2D eigenvalue weighted by Crippen LogP contribution is 2.41. The van der Waals surface area contributed by atoms with E-state index >= 15 is 0 Å². The summed E-state index contributed by atoms with van der Waals surface area (Å²) in [6, 6.07) is 0.0136. The van der Waals surface area contributed by atoms with E-state index in [4.69, 9.17) is 4.74 Å². The van der Waals surface area contributed by atoms with Gasteiger partial charge in [0.2, 0.25) is 5.91 Å². The first-order valence-corrected chi connectivity index (χ1v) is 9.46. The zero-order valence-electron chi connectivity index (χ0n) is 14.8. The predicted molar refractivity (Wildman–Crippen MR) is 91.6 cm³/mol. The summed E-state index contributed by atoms with van der Waals surface area (Å²) in [5, 5.41) is 6.33. The Morgan fingerprint density at radius 2 is 1.88 bits per heavy atom. The second-order valence-electron chi connectivity index (χ2n) is 7.76. The Morgan fingerprint density at radius 3 is 2.46 bits per heavy atom. The standard InChI is InChI=1S/C18H31N3O3/c1-24-12-2-9-19-17(23)21-10-7-18(8-11-21,13-14-3-4-14)20-16(22)15-5-6-15/h14-15H,2-13H2,1H3,(H,19,23)(H,20,22). The van der Waals surface area contributed by atoms with Gasteiger partial charge in [-0.15, -0.1) is 0 Å². The van der Waals surface area contributed by atoms with Crippen LogP contribution in [0.5, 0.6) is 0 Å². The second-order valence-corrected chi connectivity index (χ2v) is 7.76. The molecule has 136 valence electrons. The maximum Gasteiger partial charge on any atom is 0.317 e. The lowest BCUT2D eigenvalue weighted by molar-refractivity contribution is -0.125. The highest BCUT2D eigenvalue weighted by Gasteiger charge is 2.43. The molecule has 6 nitrogen and oxygen atoms in total. The van der Waals surface area contributed by atoms with E-state index in [1.54, 1.807) is 7.11 Å². The van der Waals surface area contributed by atoms with Gasteiger partial charge >= 0.3 is 6.03 Å². The highest BCUT2D eigenvalue weighted by atomic mass is 16.5. The Kier molecular flexibility index (Phi) is 5.64. The molecule has 24 heavy (non-hydrogen) atoms. The number of likely N-dealkylation sites (tertiary alicyclic amines) is 1. The number of nitrogens with one attached hydrogen (secondary N) is 2. The van der Waals surface area contributed by atoms with Gasteiger partial charge in [0, 0.05) is 44.8 Å². The molecule has 0 bridgehead atoms. The average Bonchev–Trinajstić information content (AvgIpc) is 3.45. The van der Waals surface area contributed by atoms with Crippen LogP contribution in [0.25, 0.3) is 0 Å². The Hall–Kier alpha value is -1.30. The number of carbonyl (C=O) groups is 2. The third-order valence-corrected chi connectivity index (χ3v) is 5.52. The average molecular weight is 337 g/mol. The van der Waals surface area contributed by atoms with Crippen molar-refractivity contribution in [3.05, 3.63) is 0 Å². The van der Waals surface area contributed by atoms with Gasteiger partial charge in [-0.2, -0.15) is 0 Å². The van der Waals surface area contributed by atoms with E-state index in [1.807, 2.05) is 4.90 Å². The number of urea groups is 1. The van der Waals surface area contributed by atoms with Crippen molar-refractivity contribution < 1.29 is 14.3 Å². The topological polar surface area (TPSA) is 70.7 Å². The molecular weight excluding hydrogens is 306 g/mol. The Bertz CT molecular complexity index is 452. The largest absolute Gasteiger partial charge is 0.385 e. The van der Waals surface area contributed by atoms with Crippen LogP contribution in [-0.4, -0.2) is 55.7 Å². The molecule has 0 atom stereocenters. The fraction of sp³-hybridized carbons (Fsp3) is 0.889. The van der Waals surface area contributed by atoms with Crippen molar-refractivity contribution in [2.24, 2.45) is 11.8 Å². The van der Waals surface area contributed by atoms with Gasteiger partial charge in [-0.3, -0.25) is 4.79 Å². The number of methoxy groups -OCH3 is 1. The summed E-state index contributed by atoms with van der Waals surface area (Å²) < 4.78 is 5.00. The first-order valence-electron chi connectivity index (χ1n) is 9.46. The summed E-state index contributed by atoms with van der Waals surface area (Å²) in [5.74, 6) is 1.27. The summed E-state index contributed by atoms with van der Waals surface area (Å²) in [6.07, 6.45) is 8.37. The minimum atomic E-state index is -0.0757. The molecule has 0 unspecified atom stereocenters. The smallest absolute Gasteiger partial charge is 0.317 e. The number of piperidine rings is 1. The molecule has 3 fully saturated rings. The monoisotopic (exact) mass is 337 g/mol. The van der Waals surface area contributed by atoms with E-state index in [0.717, 1.165) is 57.5 Å². The van der Waals surface area contributed by atoms with E-state index in [-0.39, 0.29) is 23.4 Å². The number of hydrogen-bond acceptors (Lipinski definition) is 3. The zero-order chi connectivity index (χ0) is 17.0. The van der Waals surface area contributed by atoms with Crippen LogP contribution in [0, 0.1) is 11.8 Å². The van der Waals surface area contributed by atoms with E-state index in [0.29, 0.717) is 13.2 Å². The Balaban J connectivity index is 1.47. The molecule has 1 aliphatic heterocycles. The molecule has 2 N–H and O–H groups in total. The minimum absolute atomic E-state index is 0.0136. The van der Waals surface area contributed by atoms with E-state index < -0.39 is 0 Å². The van der Waals surface area contributed by atoms with Crippen molar-refractivity contribution in [2.75, 3.05) is 33.4 Å². The molecule has 1 heterocycles. The third kappa shape index (κ3) is 4.85. The van der Waals surface area contributed by atoms with Gasteiger partial charge < -0.3 is 20.3 Å². The van der Waals surface area contributed by atoms with Crippen molar-refractivity contribution in [1.82, 2.24) is 15.5 Å². The number of hydrogen-bond donors (Lipinski definition) is 2. The minimum Gasteiger partial charge on any atom is -0.385 e. The molecule has 3 amide bonds. The molecule has 3 aliphatic rings. The fourth-order valence-corrected chi connectivity index (χ4v) is 3.63. The Labute approximate surface area is 144 Å². The molecule has 0 radical (unpaired) electrons. The number of carbonyl (C=O) groups excluding carboxylic acids is 2. The van der Waals surface area contributed by atoms with Gasteiger partial charge in [-0.1, -0.05) is 12.8 Å². The Morgan fingerprint density at radius 1 is 1.17 bits per heavy atom. The molecule has 3 rings (SSSR count). The van der Waals surface area contributed by atoms with Crippen molar-refractivity contribution in [1.29, 1.82) is 0 Å². The van der Waals surface area contributed by atoms with Gasteiger partial charge in [-0.25, -0.2) is 4.79 Å². The molecule has 0 aromatic carbocycles. The van der Waals surface area contributed by atoms with Crippen molar-refractivity contribution in [3.8, 4) is 0 Å². The molecule has 0 aromatic heterocycles. The van der Waals surface area contributed by atoms with E-state index in [1.165, 1.54) is 12.8 Å². The van der Waals surface area contributed by atoms with E-state index in [2.05, 4.69) is 10.6 Å². The highest BCUT2D eigenvalue weighted by molar-refractivity contribution is 5.81. The maximum absolute atomic E-state index is 12.3. The van der Waals surface area contributed by atoms with Crippen LogP contribution in [0.2, 0.25) is 0 Å². The third-order valence-electron chi connectivity index (χ3n) is 5.52.